The van der Waals surface area contributed by atoms with Crippen LogP contribution >= 0.6 is 0 Å². The van der Waals surface area contributed by atoms with Gasteiger partial charge < -0.3 is 10.6 Å². The lowest BCUT2D eigenvalue weighted by atomic mass is 10.1. The fraction of sp³-hybridized carbons (Fsp3) is 0.192. The first-order chi connectivity index (χ1) is 17.5. The third-order valence-corrected chi connectivity index (χ3v) is 5.85. The zero-order valence-electron chi connectivity index (χ0n) is 19.5. The number of nitrogens with one attached hydrogen (secondary N) is 3. The van der Waals surface area contributed by atoms with Gasteiger partial charge in [-0.15, -0.1) is 0 Å². The highest BCUT2D eigenvalue weighted by molar-refractivity contribution is 6.15. The molecule has 0 saturated carbocycles. The van der Waals surface area contributed by atoms with Gasteiger partial charge in [0.1, 0.15) is 5.82 Å². The summed E-state index contributed by atoms with van der Waals surface area (Å²) in [6.45, 7) is 2.49. The summed E-state index contributed by atoms with van der Waals surface area (Å²) in [4.78, 5) is 33.0. The number of carbonyl (C=O) groups excluding carboxylic acids is 2. The molecule has 2 amide bonds. The van der Waals surface area contributed by atoms with Crippen molar-refractivity contribution in [3.05, 3.63) is 88.9 Å². The van der Waals surface area contributed by atoms with Crippen LogP contribution in [0, 0.1) is 5.82 Å². The molecule has 2 aromatic carbocycles. The Kier molecular flexibility index (Phi) is 6.40. The predicted octanol–water partition coefficient (Wildman–Crippen LogP) is 3.52. The fourth-order valence-corrected chi connectivity index (χ4v) is 4.01. The summed E-state index contributed by atoms with van der Waals surface area (Å²) in [5, 5.41) is 13.3. The number of imide groups is 1. The Balaban J connectivity index is 1.46. The summed E-state index contributed by atoms with van der Waals surface area (Å²) >= 11 is 0. The van der Waals surface area contributed by atoms with E-state index in [-0.39, 0.29) is 24.2 Å². The quantitative estimate of drug-likeness (QED) is 0.259. The third-order valence-electron chi connectivity index (χ3n) is 5.85. The highest BCUT2D eigenvalue weighted by atomic mass is 19.1. The number of fused-ring (bicyclic) bond motifs is 1. The van der Waals surface area contributed by atoms with Crippen molar-refractivity contribution < 1.29 is 14.0 Å². The number of hydrogen-bond acceptors (Lipinski definition) is 7. The molecule has 1 fully saturated rings. The first-order valence-corrected chi connectivity index (χ1v) is 11.6. The summed E-state index contributed by atoms with van der Waals surface area (Å²) in [6, 6.07) is 16.3. The maximum absolute atomic E-state index is 13.5. The molecule has 0 aliphatic carbocycles. The summed E-state index contributed by atoms with van der Waals surface area (Å²) in [6.07, 6.45) is 3.79. The van der Waals surface area contributed by atoms with E-state index < -0.39 is 5.91 Å². The van der Waals surface area contributed by atoms with Crippen LogP contribution in [0.4, 0.5) is 16.3 Å². The molecule has 36 heavy (non-hydrogen) atoms. The average Bonchev–Trinajstić information content (AvgIpc) is 3.41. The van der Waals surface area contributed by atoms with Crippen LogP contribution in [0.1, 0.15) is 36.1 Å². The molecule has 2 aromatic heterocycles. The number of hydrogen-bond donors (Lipinski definition) is 3. The summed E-state index contributed by atoms with van der Waals surface area (Å²) in [5.74, 6) is -0.221. The maximum atomic E-state index is 13.5. The van der Waals surface area contributed by atoms with Crippen LogP contribution in [0.25, 0.3) is 11.7 Å². The number of amides is 2. The smallest absolute Gasteiger partial charge is 0.254 e. The maximum Gasteiger partial charge on any atom is 0.254 e. The minimum atomic E-state index is -0.419. The van der Waals surface area contributed by atoms with Crippen molar-refractivity contribution in [2.75, 3.05) is 17.2 Å². The molecule has 0 spiro atoms. The Hall–Kier alpha value is -4.60. The number of halogens is 1. The van der Waals surface area contributed by atoms with Gasteiger partial charge in [-0.25, -0.2) is 4.39 Å². The van der Waals surface area contributed by atoms with E-state index in [4.69, 9.17) is 0 Å². The molecule has 0 radical (unpaired) electrons. The van der Waals surface area contributed by atoms with Gasteiger partial charge in [-0.05, 0) is 42.7 Å². The first kappa shape index (κ1) is 23.2. The number of aromatic nitrogens is 4. The van der Waals surface area contributed by atoms with Crippen molar-refractivity contribution in [2.24, 2.45) is 0 Å². The van der Waals surface area contributed by atoms with Gasteiger partial charge in [-0.2, -0.15) is 19.6 Å². The van der Waals surface area contributed by atoms with E-state index in [2.05, 4.69) is 31.0 Å². The van der Waals surface area contributed by atoms with Gasteiger partial charge >= 0.3 is 0 Å². The molecule has 3 heterocycles. The minimum absolute atomic E-state index is 0.0101. The van der Waals surface area contributed by atoms with Gasteiger partial charge in [-0.3, -0.25) is 14.9 Å². The molecule has 1 unspecified atom stereocenters. The number of anilines is 2. The van der Waals surface area contributed by atoms with Gasteiger partial charge in [-0.1, -0.05) is 42.5 Å². The molecule has 1 aliphatic rings. The zero-order valence-corrected chi connectivity index (χ0v) is 19.5. The zero-order chi connectivity index (χ0) is 25.1. The molecular weight excluding hydrogens is 461 g/mol. The largest absolute Gasteiger partial charge is 0.354 e. The normalized spacial score (nSPS) is 15.3. The van der Waals surface area contributed by atoms with Gasteiger partial charge in [0.25, 0.3) is 5.91 Å². The lowest BCUT2D eigenvalue weighted by Gasteiger charge is -2.16. The van der Waals surface area contributed by atoms with Crippen molar-refractivity contribution in [3.8, 4) is 0 Å². The standard InChI is InChI=1S/C26H24FN7O2/c1-16(18-7-3-2-4-8-18)30-25-32-23-20(13-19-14-22(35)31-24(19)36)15-29-34(23)26(33-25)28-11-10-17-6-5-9-21(27)12-17/h2-9,12-13,15-16H,10-11,14H2,1H3,(H,31,35,36)(H2,28,30,32,33). The molecule has 1 saturated heterocycles. The summed E-state index contributed by atoms with van der Waals surface area (Å²) in [7, 11) is 0. The SMILES string of the molecule is CC(Nc1nc(NCCc2cccc(F)c2)n2ncc(C=C3CC(=O)NC3=O)c2n1)c1ccccc1. The molecular formula is C26H24FN7O2. The molecule has 1 atom stereocenters. The van der Waals surface area contributed by atoms with Crippen LogP contribution in [-0.2, 0) is 16.0 Å². The van der Waals surface area contributed by atoms with Crippen LogP contribution < -0.4 is 16.0 Å². The summed E-state index contributed by atoms with van der Waals surface area (Å²) in [5.41, 5.74) is 3.33. The first-order valence-electron chi connectivity index (χ1n) is 11.6. The van der Waals surface area contributed by atoms with Crippen molar-refractivity contribution in [1.82, 2.24) is 24.9 Å². The van der Waals surface area contributed by atoms with Crippen molar-refractivity contribution >= 4 is 35.4 Å². The van der Waals surface area contributed by atoms with Gasteiger partial charge in [0.2, 0.25) is 17.8 Å². The second kappa shape index (κ2) is 9.95. The van der Waals surface area contributed by atoms with Crippen molar-refractivity contribution in [2.45, 2.75) is 25.8 Å². The molecule has 10 heteroatoms. The highest BCUT2D eigenvalue weighted by Gasteiger charge is 2.24. The van der Waals surface area contributed by atoms with Crippen molar-refractivity contribution in [1.29, 1.82) is 0 Å². The number of nitrogens with zero attached hydrogens (tertiary/aromatic N) is 4. The van der Waals surface area contributed by atoms with E-state index >= 15 is 0 Å². The third kappa shape index (κ3) is 5.07. The second-order valence-corrected chi connectivity index (χ2v) is 8.51. The predicted molar refractivity (Wildman–Crippen MR) is 134 cm³/mol. The Morgan fingerprint density at radius 2 is 1.97 bits per heavy atom. The van der Waals surface area contributed by atoms with Crippen LogP contribution in [0.2, 0.25) is 0 Å². The van der Waals surface area contributed by atoms with Crippen LogP contribution in [0.15, 0.2) is 66.4 Å². The Morgan fingerprint density at radius 1 is 1.14 bits per heavy atom. The number of rotatable bonds is 8. The van der Waals surface area contributed by atoms with Crippen LogP contribution in [0.5, 0.6) is 0 Å². The van der Waals surface area contributed by atoms with E-state index in [1.807, 2.05) is 43.3 Å². The molecule has 182 valence electrons. The van der Waals surface area contributed by atoms with Gasteiger partial charge in [0, 0.05) is 17.7 Å². The number of benzene rings is 2. The fourth-order valence-electron chi connectivity index (χ4n) is 4.01. The van der Waals surface area contributed by atoms with Crippen LogP contribution in [0.3, 0.4) is 0 Å². The minimum Gasteiger partial charge on any atom is -0.354 e. The van der Waals surface area contributed by atoms with E-state index in [0.29, 0.717) is 41.6 Å². The Morgan fingerprint density at radius 3 is 2.72 bits per heavy atom. The van der Waals surface area contributed by atoms with Gasteiger partial charge in [0.15, 0.2) is 5.65 Å². The lowest BCUT2D eigenvalue weighted by molar-refractivity contribution is -0.124. The van der Waals surface area contributed by atoms with Gasteiger partial charge in [0.05, 0.1) is 18.7 Å². The van der Waals surface area contributed by atoms with E-state index in [0.717, 1.165) is 11.1 Å². The lowest BCUT2D eigenvalue weighted by Crippen LogP contribution is -2.19. The molecule has 4 aromatic rings. The molecule has 3 N–H and O–H groups in total. The average molecular weight is 486 g/mol. The number of carbonyl (C=O) groups is 2. The Labute approximate surface area is 206 Å². The highest BCUT2D eigenvalue weighted by Crippen LogP contribution is 2.23. The Bertz CT molecular complexity index is 1470. The molecule has 5 rings (SSSR count). The molecule has 9 nitrogen and oxygen atoms in total. The van der Waals surface area contributed by atoms with E-state index in [1.54, 1.807) is 22.9 Å². The molecule has 0 bridgehead atoms. The second-order valence-electron chi connectivity index (χ2n) is 8.51. The van der Waals surface area contributed by atoms with Crippen LogP contribution in [-0.4, -0.2) is 37.9 Å². The van der Waals surface area contributed by atoms with E-state index in [1.165, 1.54) is 12.1 Å². The van der Waals surface area contributed by atoms with E-state index in [9.17, 15) is 14.0 Å². The van der Waals surface area contributed by atoms with Crippen molar-refractivity contribution in [3.63, 3.8) is 0 Å². The topological polar surface area (TPSA) is 113 Å². The molecule has 1 aliphatic heterocycles. The monoisotopic (exact) mass is 485 g/mol. The summed E-state index contributed by atoms with van der Waals surface area (Å²) < 4.78 is 15.1.